The summed E-state index contributed by atoms with van der Waals surface area (Å²) in [6, 6.07) is 0. The minimum Gasteiger partial charge on any atom is -0.398 e. The zero-order valence-electron chi connectivity index (χ0n) is 14.3. The fourth-order valence-corrected chi connectivity index (χ4v) is 4.24. The molecule has 3 nitrogen and oxygen atoms in total. The Morgan fingerprint density at radius 1 is 1.23 bits per heavy atom. The van der Waals surface area contributed by atoms with Crippen LogP contribution in [0.15, 0.2) is 0 Å². The molecule has 0 aliphatic heterocycles. The molecular formula is C14H27F3INO2Si. The molecule has 0 aliphatic rings. The number of rotatable bonds is 6. The van der Waals surface area contributed by atoms with Gasteiger partial charge in [-0.3, -0.25) is 4.79 Å². The second-order valence-corrected chi connectivity index (χ2v) is 10.2. The summed E-state index contributed by atoms with van der Waals surface area (Å²) in [6.45, 7) is 11.5. The molecule has 132 valence electrons. The highest BCUT2D eigenvalue weighted by molar-refractivity contribution is 14.1. The molecule has 0 aromatic rings. The molecule has 0 spiro atoms. The second-order valence-electron chi connectivity index (χ2n) is 7.14. The van der Waals surface area contributed by atoms with Crippen molar-refractivity contribution in [2.75, 3.05) is 4.43 Å². The summed E-state index contributed by atoms with van der Waals surface area (Å²) in [4.78, 5) is 11.9. The summed E-state index contributed by atoms with van der Waals surface area (Å²) in [5, 5.41) is 2.57. The molecule has 8 heteroatoms. The Kier molecular flexibility index (Phi) is 7.89. The first-order chi connectivity index (χ1) is 9.68. The molecule has 0 aromatic heterocycles. The third kappa shape index (κ3) is 5.66. The Labute approximate surface area is 146 Å². The Morgan fingerprint density at radius 2 is 1.68 bits per heavy atom. The van der Waals surface area contributed by atoms with E-state index < -0.39 is 44.1 Å². The monoisotopic (exact) mass is 453 g/mol. The van der Waals surface area contributed by atoms with E-state index in [-0.39, 0.29) is 4.43 Å². The van der Waals surface area contributed by atoms with Crippen molar-refractivity contribution in [1.29, 1.82) is 0 Å². The Morgan fingerprint density at radius 3 is 1.91 bits per heavy atom. The molecular weight excluding hydrogens is 426 g/mol. The maximum absolute atomic E-state index is 13.9. The average Bonchev–Trinajstić information content (AvgIpc) is 2.22. The van der Waals surface area contributed by atoms with E-state index in [4.69, 9.17) is 4.43 Å². The summed E-state index contributed by atoms with van der Waals surface area (Å²) in [7, 11) is -1.84. The molecule has 0 heterocycles. The first-order valence-corrected chi connectivity index (χ1v) is 11.6. The van der Waals surface area contributed by atoms with Gasteiger partial charge in [0.25, 0.3) is 0 Å². The van der Waals surface area contributed by atoms with Crippen molar-refractivity contribution < 1.29 is 22.4 Å². The molecule has 0 saturated carbocycles. The summed E-state index contributed by atoms with van der Waals surface area (Å²) in [5.74, 6) is -2.75. The lowest BCUT2D eigenvalue weighted by molar-refractivity contribution is -0.265. The summed E-state index contributed by atoms with van der Waals surface area (Å²) < 4.78 is 47.5. The SMILES string of the molecule is CC(C)C(NC(=O)CI)(O[SiH](C)C)C(C(C)(C)C)C(F)(F)F. The Hall–Kier alpha value is 0.167. The number of amides is 1. The maximum atomic E-state index is 13.9. The van der Waals surface area contributed by atoms with Crippen molar-refractivity contribution in [3.05, 3.63) is 0 Å². The average molecular weight is 453 g/mol. The van der Waals surface area contributed by atoms with Crippen molar-refractivity contribution in [1.82, 2.24) is 5.32 Å². The van der Waals surface area contributed by atoms with Crippen LogP contribution in [0.25, 0.3) is 0 Å². The first-order valence-electron chi connectivity index (χ1n) is 7.30. The van der Waals surface area contributed by atoms with Gasteiger partial charge < -0.3 is 9.74 Å². The smallest absolute Gasteiger partial charge is 0.396 e. The van der Waals surface area contributed by atoms with Crippen LogP contribution in [0.4, 0.5) is 13.2 Å². The highest BCUT2D eigenvalue weighted by atomic mass is 127. The second kappa shape index (κ2) is 7.83. The van der Waals surface area contributed by atoms with Crippen molar-refractivity contribution >= 4 is 37.5 Å². The number of hydrogen-bond acceptors (Lipinski definition) is 2. The van der Waals surface area contributed by atoms with E-state index in [1.165, 1.54) is 20.8 Å². The van der Waals surface area contributed by atoms with E-state index >= 15 is 0 Å². The highest BCUT2D eigenvalue weighted by Gasteiger charge is 2.61. The van der Waals surface area contributed by atoms with Gasteiger partial charge in [-0.15, -0.1) is 0 Å². The molecule has 0 radical (unpaired) electrons. The minimum absolute atomic E-state index is 0.0873. The standard InChI is InChI=1S/C14H27F3INO2Si/c1-9(2)13(21-22(6)7,19-10(20)8-18)11(12(3,4)5)14(15,16)17/h9,11,22H,8H2,1-7H3,(H,19,20). The molecule has 2 unspecified atom stereocenters. The lowest BCUT2D eigenvalue weighted by Crippen LogP contribution is -2.67. The minimum atomic E-state index is -4.48. The Bertz CT molecular complexity index is 369. The molecule has 0 aliphatic carbocycles. The first kappa shape index (κ1) is 22.2. The van der Waals surface area contributed by atoms with Gasteiger partial charge in [0.05, 0.1) is 4.43 Å². The van der Waals surface area contributed by atoms with Crippen LogP contribution >= 0.6 is 22.6 Å². The van der Waals surface area contributed by atoms with Gasteiger partial charge in [0, 0.05) is 5.92 Å². The normalized spacial score (nSPS) is 17.5. The molecule has 0 bridgehead atoms. The van der Waals surface area contributed by atoms with Gasteiger partial charge in [0.1, 0.15) is 11.6 Å². The molecule has 0 fully saturated rings. The van der Waals surface area contributed by atoms with Crippen LogP contribution < -0.4 is 5.32 Å². The lowest BCUT2D eigenvalue weighted by atomic mass is 9.70. The van der Waals surface area contributed by atoms with Gasteiger partial charge in [-0.1, -0.05) is 57.2 Å². The van der Waals surface area contributed by atoms with E-state index in [0.29, 0.717) is 0 Å². The van der Waals surface area contributed by atoms with E-state index in [1.807, 2.05) is 35.7 Å². The molecule has 0 rings (SSSR count). The van der Waals surface area contributed by atoms with Crippen LogP contribution in [-0.2, 0) is 9.22 Å². The van der Waals surface area contributed by atoms with Gasteiger partial charge in [-0.05, 0) is 18.5 Å². The third-order valence-electron chi connectivity index (χ3n) is 3.37. The lowest BCUT2D eigenvalue weighted by Gasteiger charge is -2.50. The van der Waals surface area contributed by atoms with Crippen molar-refractivity contribution in [2.24, 2.45) is 17.3 Å². The van der Waals surface area contributed by atoms with Gasteiger partial charge in [0.2, 0.25) is 5.91 Å². The number of nitrogens with one attached hydrogen (secondary N) is 1. The number of alkyl halides is 4. The van der Waals surface area contributed by atoms with E-state index in [9.17, 15) is 18.0 Å². The van der Waals surface area contributed by atoms with Gasteiger partial charge in [-0.2, -0.15) is 13.2 Å². The molecule has 0 aromatic carbocycles. The molecule has 1 amide bonds. The summed E-state index contributed by atoms with van der Waals surface area (Å²) in [5.41, 5.74) is -2.84. The largest absolute Gasteiger partial charge is 0.398 e. The van der Waals surface area contributed by atoms with Crippen molar-refractivity contribution in [3.8, 4) is 0 Å². The summed E-state index contributed by atoms with van der Waals surface area (Å²) >= 11 is 1.84. The number of hydrogen-bond donors (Lipinski definition) is 1. The third-order valence-corrected chi connectivity index (χ3v) is 4.92. The molecule has 0 saturated heterocycles. The van der Waals surface area contributed by atoms with Crippen molar-refractivity contribution in [3.63, 3.8) is 0 Å². The zero-order chi connectivity index (χ0) is 17.9. The predicted octanol–water partition coefficient (Wildman–Crippen LogP) is 4.11. The maximum Gasteiger partial charge on any atom is 0.396 e. The summed E-state index contributed by atoms with van der Waals surface area (Å²) in [6.07, 6.45) is -4.48. The fourth-order valence-electron chi connectivity index (χ4n) is 2.80. The van der Waals surface area contributed by atoms with E-state index in [0.717, 1.165) is 0 Å². The molecule has 1 N–H and O–H groups in total. The van der Waals surface area contributed by atoms with E-state index in [2.05, 4.69) is 5.32 Å². The number of carbonyl (C=O) groups excluding carboxylic acids is 1. The topological polar surface area (TPSA) is 38.3 Å². The van der Waals surface area contributed by atoms with Gasteiger partial charge in [0.15, 0.2) is 9.04 Å². The van der Waals surface area contributed by atoms with Crippen LogP contribution in [0, 0.1) is 17.3 Å². The quantitative estimate of drug-likeness (QED) is 0.285. The fraction of sp³-hybridized carbons (Fsp3) is 0.929. The van der Waals surface area contributed by atoms with Crippen LogP contribution in [0.3, 0.4) is 0 Å². The van der Waals surface area contributed by atoms with Crippen molar-refractivity contribution in [2.45, 2.75) is 59.6 Å². The number of carbonyl (C=O) groups is 1. The van der Waals surface area contributed by atoms with Crippen LogP contribution in [0.2, 0.25) is 13.1 Å². The molecule has 2 atom stereocenters. The van der Waals surface area contributed by atoms with Crippen LogP contribution in [-0.4, -0.2) is 31.3 Å². The van der Waals surface area contributed by atoms with E-state index in [1.54, 1.807) is 13.8 Å². The zero-order valence-corrected chi connectivity index (χ0v) is 17.6. The van der Waals surface area contributed by atoms with Crippen LogP contribution in [0.1, 0.15) is 34.6 Å². The molecule has 22 heavy (non-hydrogen) atoms. The predicted molar refractivity (Wildman–Crippen MR) is 93.6 cm³/mol. The van der Waals surface area contributed by atoms with Gasteiger partial charge in [-0.25, -0.2) is 0 Å². The number of halogens is 4. The highest BCUT2D eigenvalue weighted by Crippen LogP contribution is 2.49. The van der Waals surface area contributed by atoms with Gasteiger partial charge >= 0.3 is 6.18 Å². The Balaban J connectivity index is 6.22. The van der Waals surface area contributed by atoms with Crippen LogP contribution in [0.5, 0.6) is 0 Å².